The summed E-state index contributed by atoms with van der Waals surface area (Å²) in [5, 5.41) is 1.07. The number of benzene rings is 2. The lowest BCUT2D eigenvalue weighted by Gasteiger charge is -2.19. The molecule has 0 fully saturated rings. The zero-order valence-electron chi connectivity index (χ0n) is 20.5. The van der Waals surface area contributed by atoms with Crippen molar-refractivity contribution >= 4 is 46.8 Å². The molecule has 4 rings (SSSR count). The Balaban J connectivity index is 1.86. The smallest absolute Gasteiger partial charge is 0.340 e. The minimum atomic E-state index is -0.553. The van der Waals surface area contributed by atoms with Gasteiger partial charge in [0.1, 0.15) is 0 Å². The van der Waals surface area contributed by atoms with Gasteiger partial charge >= 0.3 is 5.97 Å². The highest BCUT2D eigenvalue weighted by atomic mass is 35.5. The molecule has 0 bridgehead atoms. The number of methoxy groups -OCH3 is 1. The second kappa shape index (κ2) is 9.40. The van der Waals surface area contributed by atoms with Crippen LogP contribution in [0.25, 0.3) is 11.8 Å². The SMILES string of the molecule is COC(=O)C1=C(C)N(c2ccc(C)c(C)c2)C(=O)/C1=C\c1cc(C)n(-c2ccc(Cl)cc2Cl)c1C. The highest BCUT2D eigenvalue weighted by Gasteiger charge is 2.38. The molecule has 0 unspecified atom stereocenters. The molecule has 0 N–H and O–H groups in total. The molecule has 1 aliphatic heterocycles. The predicted molar refractivity (Wildman–Crippen MR) is 141 cm³/mol. The molecular weight excluding hydrogens is 483 g/mol. The minimum absolute atomic E-state index is 0.255. The highest BCUT2D eigenvalue weighted by Crippen LogP contribution is 2.37. The van der Waals surface area contributed by atoms with E-state index in [1.807, 2.05) is 62.6 Å². The van der Waals surface area contributed by atoms with Gasteiger partial charge in [-0.25, -0.2) is 4.79 Å². The van der Waals surface area contributed by atoms with Crippen molar-refractivity contribution < 1.29 is 14.3 Å². The molecule has 0 aliphatic carbocycles. The average Bonchev–Trinajstić information content (AvgIpc) is 3.21. The fourth-order valence-corrected chi connectivity index (χ4v) is 4.97. The molecule has 1 aromatic heterocycles. The first-order chi connectivity index (χ1) is 16.5. The van der Waals surface area contributed by atoms with Gasteiger partial charge in [0.05, 0.1) is 29.0 Å². The topological polar surface area (TPSA) is 51.5 Å². The number of ether oxygens (including phenoxy) is 1. The fraction of sp³-hybridized carbons (Fsp3) is 0.214. The lowest BCUT2D eigenvalue weighted by molar-refractivity contribution is -0.136. The number of amides is 1. The Morgan fingerprint density at radius 1 is 0.943 bits per heavy atom. The van der Waals surface area contributed by atoms with Crippen molar-refractivity contribution in [3.05, 3.63) is 97.4 Å². The second-order valence-corrected chi connectivity index (χ2v) is 9.52. The van der Waals surface area contributed by atoms with Crippen molar-refractivity contribution in [1.82, 2.24) is 4.57 Å². The first-order valence-electron chi connectivity index (χ1n) is 11.1. The van der Waals surface area contributed by atoms with E-state index in [1.165, 1.54) is 7.11 Å². The van der Waals surface area contributed by atoms with Crippen LogP contribution in [0.2, 0.25) is 10.0 Å². The number of hydrogen-bond acceptors (Lipinski definition) is 3. The molecule has 2 aromatic carbocycles. The number of nitrogens with zero attached hydrogens (tertiary/aromatic N) is 2. The van der Waals surface area contributed by atoms with Crippen molar-refractivity contribution in [2.75, 3.05) is 12.0 Å². The standard InChI is InChI=1S/C28H26Cl2N2O3/c1-15-7-9-22(11-16(15)2)32-19(5)26(28(34)35-6)23(27(32)33)13-20-12-17(3)31(18(20)4)25-10-8-21(29)14-24(25)30/h7-14H,1-6H3/b23-13-. The Bertz CT molecular complexity index is 1450. The summed E-state index contributed by atoms with van der Waals surface area (Å²) in [7, 11) is 1.32. The maximum absolute atomic E-state index is 13.7. The highest BCUT2D eigenvalue weighted by molar-refractivity contribution is 6.35. The summed E-state index contributed by atoms with van der Waals surface area (Å²) in [4.78, 5) is 28.0. The summed E-state index contributed by atoms with van der Waals surface area (Å²) in [6.07, 6.45) is 1.75. The molecule has 5 nitrogen and oxygen atoms in total. The van der Waals surface area contributed by atoms with Gasteiger partial charge in [-0.15, -0.1) is 0 Å². The van der Waals surface area contributed by atoms with Crippen LogP contribution in [-0.2, 0) is 14.3 Å². The van der Waals surface area contributed by atoms with Gasteiger partial charge < -0.3 is 9.30 Å². The van der Waals surface area contributed by atoms with E-state index in [-0.39, 0.29) is 17.1 Å². The number of halogens is 2. The molecule has 1 amide bonds. The Labute approximate surface area is 215 Å². The van der Waals surface area contributed by atoms with E-state index >= 15 is 0 Å². The van der Waals surface area contributed by atoms with E-state index in [2.05, 4.69) is 0 Å². The maximum Gasteiger partial charge on any atom is 0.340 e. The van der Waals surface area contributed by atoms with Crippen molar-refractivity contribution in [2.45, 2.75) is 34.6 Å². The quantitative estimate of drug-likeness (QED) is 0.284. The number of esters is 1. The summed E-state index contributed by atoms with van der Waals surface area (Å²) in [5.74, 6) is -0.830. The number of aromatic nitrogens is 1. The molecule has 3 aromatic rings. The van der Waals surface area contributed by atoms with Gasteiger partial charge in [0.25, 0.3) is 5.91 Å². The summed E-state index contributed by atoms with van der Waals surface area (Å²) >= 11 is 12.6. The van der Waals surface area contributed by atoms with Crippen LogP contribution in [0, 0.1) is 27.7 Å². The van der Waals surface area contributed by atoms with Gasteiger partial charge in [-0.2, -0.15) is 0 Å². The molecular formula is C28H26Cl2N2O3. The number of carbonyl (C=O) groups is 2. The molecule has 0 radical (unpaired) electrons. The summed E-state index contributed by atoms with van der Waals surface area (Å²) < 4.78 is 7.05. The van der Waals surface area contributed by atoms with Crippen LogP contribution in [0.1, 0.15) is 35.0 Å². The van der Waals surface area contributed by atoms with Crippen molar-refractivity contribution in [1.29, 1.82) is 0 Å². The zero-order chi connectivity index (χ0) is 25.6. The van der Waals surface area contributed by atoms with Crippen LogP contribution in [-0.4, -0.2) is 23.6 Å². The lowest BCUT2D eigenvalue weighted by Crippen LogP contribution is -2.24. The minimum Gasteiger partial charge on any atom is -0.465 e. The zero-order valence-corrected chi connectivity index (χ0v) is 22.0. The predicted octanol–water partition coefficient (Wildman–Crippen LogP) is 6.89. The third kappa shape index (κ3) is 4.30. The van der Waals surface area contributed by atoms with Crippen LogP contribution in [0.4, 0.5) is 5.69 Å². The number of aryl methyl sites for hydroxylation is 3. The van der Waals surface area contributed by atoms with E-state index in [4.69, 9.17) is 27.9 Å². The first-order valence-corrected chi connectivity index (χ1v) is 11.9. The van der Waals surface area contributed by atoms with Crippen molar-refractivity contribution in [2.24, 2.45) is 0 Å². The third-order valence-corrected chi connectivity index (χ3v) is 7.00. The van der Waals surface area contributed by atoms with Crippen LogP contribution in [0.15, 0.2) is 59.3 Å². The third-order valence-electron chi connectivity index (χ3n) is 6.46. The van der Waals surface area contributed by atoms with E-state index in [9.17, 15) is 9.59 Å². The Hall–Kier alpha value is -3.28. The van der Waals surface area contributed by atoms with E-state index in [1.54, 1.807) is 30.0 Å². The number of hydrogen-bond donors (Lipinski definition) is 0. The molecule has 0 saturated heterocycles. The van der Waals surface area contributed by atoms with E-state index < -0.39 is 5.97 Å². The van der Waals surface area contributed by atoms with Crippen LogP contribution < -0.4 is 4.90 Å². The summed E-state index contributed by atoms with van der Waals surface area (Å²) in [5.41, 5.74) is 7.35. The van der Waals surface area contributed by atoms with Gasteiger partial charge in [-0.3, -0.25) is 9.69 Å². The Kier molecular flexibility index (Phi) is 6.67. The number of rotatable bonds is 4. The fourth-order valence-electron chi connectivity index (χ4n) is 4.48. The summed E-state index contributed by atoms with van der Waals surface area (Å²) in [6.45, 7) is 9.67. The lowest BCUT2D eigenvalue weighted by atomic mass is 10.0. The molecule has 180 valence electrons. The van der Waals surface area contributed by atoms with Gasteiger partial charge in [-0.05, 0) is 93.8 Å². The largest absolute Gasteiger partial charge is 0.465 e. The van der Waals surface area contributed by atoms with Gasteiger partial charge in [0, 0.05) is 27.8 Å². The number of carbonyl (C=O) groups excluding carboxylic acids is 2. The van der Waals surface area contributed by atoms with Gasteiger partial charge in [0.2, 0.25) is 0 Å². The molecule has 35 heavy (non-hydrogen) atoms. The number of anilines is 1. The molecule has 1 aliphatic rings. The monoisotopic (exact) mass is 508 g/mol. The van der Waals surface area contributed by atoms with E-state index in [0.717, 1.165) is 33.8 Å². The molecule has 0 saturated carbocycles. The van der Waals surface area contributed by atoms with Crippen LogP contribution >= 0.6 is 23.2 Å². The van der Waals surface area contributed by atoms with Crippen LogP contribution in [0.5, 0.6) is 0 Å². The average molecular weight is 509 g/mol. The molecule has 7 heteroatoms. The van der Waals surface area contributed by atoms with Crippen molar-refractivity contribution in [3.8, 4) is 5.69 Å². The molecule has 0 atom stereocenters. The summed E-state index contributed by atoms with van der Waals surface area (Å²) in [6, 6.07) is 13.1. The molecule has 0 spiro atoms. The van der Waals surface area contributed by atoms with Gasteiger partial charge in [-0.1, -0.05) is 29.3 Å². The second-order valence-electron chi connectivity index (χ2n) is 8.68. The normalized spacial score (nSPS) is 14.9. The number of allylic oxidation sites excluding steroid dienone is 1. The van der Waals surface area contributed by atoms with Crippen LogP contribution in [0.3, 0.4) is 0 Å². The Morgan fingerprint density at radius 2 is 1.66 bits per heavy atom. The molecule has 2 heterocycles. The first kappa shape index (κ1) is 24.8. The van der Waals surface area contributed by atoms with E-state index in [0.29, 0.717) is 21.4 Å². The maximum atomic E-state index is 13.7. The Morgan fingerprint density at radius 3 is 2.29 bits per heavy atom. The van der Waals surface area contributed by atoms with Gasteiger partial charge in [0.15, 0.2) is 0 Å². The van der Waals surface area contributed by atoms with Crippen molar-refractivity contribution in [3.63, 3.8) is 0 Å².